The summed E-state index contributed by atoms with van der Waals surface area (Å²) in [5.41, 5.74) is 6.48. The third-order valence-electron chi connectivity index (χ3n) is 2.48. The van der Waals surface area contributed by atoms with E-state index in [2.05, 4.69) is 37.2 Å². The van der Waals surface area contributed by atoms with Crippen LogP contribution in [0.3, 0.4) is 0 Å². The van der Waals surface area contributed by atoms with Gasteiger partial charge in [0.1, 0.15) is 0 Å². The van der Waals surface area contributed by atoms with Gasteiger partial charge in [-0.3, -0.25) is 4.79 Å². The molecule has 0 radical (unpaired) electrons. The fourth-order valence-corrected chi connectivity index (χ4v) is 2.53. The molecule has 1 unspecified atom stereocenters. The number of carbonyl (C=O) groups excluding carboxylic acids is 1. The maximum absolute atomic E-state index is 11.9. The molecule has 1 rings (SSSR count). The minimum absolute atomic E-state index is 0.0189. The Labute approximate surface area is 118 Å². The van der Waals surface area contributed by atoms with E-state index in [0.29, 0.717) is 18.0 Å². The summed E-state index contributed by atoms with van der Waals surface area (Å²) >= 11 is 6.70. The molecular formula is C12H16Br2N2O. The van der Waals surface area contributed by atoms with Gasteiger partial charge in [0.25, 0.3) is 5.91 Å². The van der Waals surface area contributed by atoms with Crippen molar-refractivity contribution in [2.75, 3.05) is 6.54 Å². The van der Waals surface area contributed by atoms with Crippen molar-refractivity contribution in [3.63, 3.8) is 0 Å². The Morgan fingerprint density at radius 1 is 1.29 bits per heavy atom. The van der Waals surface area contributed by atoms with Crippen LogP contribution in [0.25, 0.3) is 0 Å². The average molecular weight is 364 g/mol. The zero-order valence-corrected chi connectivity index (χ0v) is 13.0. The molecule has 94 valence electrons. The smallest absolute Gasteiger partial charge is 0.251 e. The van der Waals surface area contributed by atoms with Crippen molar-refractivity contribution in [1.29, 1.82) is 0 Å². The highest BCUT2D eigenvalue weighted by Crippen LogP contribution is 2.19. The molecular weight excluding hydrogens is 348 g/mol. The predicted octanol–water partition coefficient (Wildman–Crippen LogP) is 2.92. The molecule has 0 aliphatic carbocycles. The maximum Gasteiger partial charge on any atom is 0.251 e. The Bertz CT molecular complexity index is 387. The standard InChI is InChI=1S/C12H16Br2N2O/c1-7(2)11(15)6-16-12(17)8-3-9(13)5-10(14)4-8/h3-5,7,11H,6,15H2,1-2H3,(H,16,17). The van der Waals surface area contributed by atoms with Crippen molar-refractivity contribution < 1.29 is 4.79 Å². The Balaban J connectivity index is 2.64. The molecule has 1 aromatic rings. The van der Waals surface area contributed by atoms with Crippen molar-refractivity contribution in [3.05, 3.63) is 32.7 Å². The normalized spacial score (nSPS) is 12.6. The third kappa shape index (κ3) is 4.77. The summed E-state index contributed by atoms with van der Waals surface area (Å²) in [4.78, 5) is 11.9. The van der Waals surface area contributed by atoms with Gasteiger partial charge >= 0.3 is 0 Å². The molecule has 0 bridgehead atoms. The number of nitrogens with two attached hydrogens (primary N) is 1. The van der Waals surface area contributed by atoms with E-state index >= 15 is 0 Å². The summed E-state index contributed by atoms with van der Waals surface area (Å²) in [6.07, 6.45) is 0. The molecule has 0 heterocycles. The second-order valence-electron chi connectivity index (χ2n) is 4.28. The molecule has 1 amide bonds. The van der Waals surface area contributed by atoms with Crippen LogP contribution in [0.1, 0.15) is 24.2 Å². The molecule has 1 aromatic carbocycles. The molecule has 3 nitrogen and oxygen atoms in total. The molecule has 3 N–H and O–H groups in total. The number of carbonyl (C=O) groups is 1. The van der Waals surface area contributed by atoms with Gasteiger partial charge in [0.05, 0.1) is 0 Å². The van der Waals surface area contributed by atoms with E-state index in [9.17, 15) is 4.79 Å². The summed E-state index contributed by atoms with van der Waals surface area (Å²) in [6, 6.07) is 5.42. The molecule has 0 fully saturated rings. The van der Waals surface area contributed by atoms with Crippen LogP contribution < -0.4 is 11.1 Å². The van der Waals surface area contributed by atoms with Crippen LogP contribution in [0.5, 0.6) is 0 Å². The van der Waals surface area contributed by atoms with Crippen LogP contribution in [0.2, 0.25) is 0 Å². The molecule has 0 aromatic heterocycles. The van der Waals surface area contributed by atoms with Crippen LogP contribution >= 0.6 is 31.9 Å². The lowest BCUT2D eigenvalue weighted by atomic mass is 10.1. The quantitative estimate of drug-likeness (QED) is 0.864. The first-order valence-corrected chi connectivity index (χ1v) is 6.98. The van der Waals surface area contributed by atoms with E-state index in [1.165, 1.54) is 0 Å². The molecule has 1 atom stereocenters. The third-order valence-corrected chi connectivity index (χ3v) is 3.40. The van der Waals surface area contributed by atoms with Gasteiger partial charge in [0.2, 0.25) is 0 Å². The molecule has 0 aliphatic rings. The topological polar surface area (TPSA) is 55.1 Å². The van der Waals surface area contributed by atoms with Gasteiger partial charge in [0.15, 0.2) is 0 Å². The van der Waals surface area contributed by atoms with E-state index in [-0.39, 0.29) is 11.9 Å². The summed E-state index contributed by atoms with van der Waals surface area (Å²) in [5, 5.41) is 2.83. The largest absolute Gasteiger partial charge is 0.350 e. The summed E-state index contributed by atoms with van der Waals surface area (Å²) in [5.74, 6) is 0.243. The Morgan fingerprint density at radius 3 is 2.29 bits per heavy atom. The second-order valence-corrected chi connectivity index (χ2v) is 6.11. The van der Waals surface area contributed by atoms with Crippen LogP contribution in [0, 0.1) is 5.92 Å². The number of hydrogen-bond acceptors (Lipinski definition) is 2. The number of benzene rings is 1. The molecule has 0 saturated carbocycles. The Kier molecular flexibility index (Phi) is 5.62. The van der Waals surface area contributed by atoms with Crippen LogP contribution in [0.4, 0.5) is 0 Å². The number of amides is 1. The molecule has 0 spiro atoms. The minimum atomic E-state index is -0.108. The van der Waals surface area contributed by atoms with Crippen molar-refractivity contribution in [2.24, 2.45) is 11.7 Å². The summed E-state index contributed by atoms with van der Waals surface area (Å²) in [6.45, 7) is 4.56. The van der Waals surface area contributed by atoms with Crippen molar-refractivity contribution >= 4 is 37.8 Å². The number of nitrogens with one attached hydrogen (secondary N) is 1. The van der Waals surface area contributed by atoms with Gasteiger partial charge in [0, 0.05) is 27.1 Å². The molecule has 0 saturated heterocycles. The maximum atomic E-state index is 11.9. The monoisotopic (exact) mass is 362 g/mol. The van der Waals surface area contributed by atoms with E-state index in [1.54, 1.807) is 12.1 Å². The zero-order valence-electron chi connectivity index (χ0n) is 9.84. The second kappa shape index (κ2) is 6.52. The SMILES string of the molecule is CC(C)C(N)CNC(=O)c1cc(Br)cc(Br)c1. The van der Waals surface area contributed by atoms with Crippen LogP contribution in [0.15, 0.2) is 27.1 Å². The fourth-order valence-electron chi connectivity index (χ4n) is 1.23. The Hall–Kier alpha value is -0.390. The van der Waals surface area contributed by atoms with E-state index < -0.39 is 0 Å². The fraction of sp³-hybridized carbons (Fsp3) is 0.417. The Morgan fingerprint density at radius 2 is 1.82 bits per heavy atom. The highest BCUT2D eigenvalue weighted by Gasteiger charge is 2.11. The highest BCUT2D eigenvalue weighted by molar-refractivity contribution is 9.11. The predicted molar refractivity (Wildman–Crippen MR) is 77.0 cm³/mol. The first-order valence-electron chi connectivity index (χ1n) is 5.40. The summed E-state index contributed by atoms with van der Waals surface area (Å²) in [7, 11) is 0. The van der Waals surface area contributed by atoms with Crippen molar-refractivity contribution in [2.45, 2.75) is 19.9 Å². The van der Waals surface area contributed by atoms with Gasteiger partial charge in [-0.25, -0.2) is 0 Å². The van der Waals surface area contributed by atoms with Gasteiger partial charge in [-0.15, -0.1) is 0 Å². The van der Waals surface area contributed by atoms with Gasteiger partial charge in [-0.1, -0.05) is 45.7 Å². The van der Waals surface area contributed by atoms with Crippen LogP contribution in [-0.2, 0) is 0 Å². The molecule has 0 aliphatic heterocycles. The number of hydrogen-bond donors (Lipinski definition) is 2. The van der Waals surface area contributed by atoms with E-state index in [0.717, 1.165) is 8.95 Å². The van der Waals surface area contributed by atoms with Crippen molar-refractivity contribution in [1.82, 2.24) is 5.32 Å². The van der Waals surface area contributed by atoms with Gasteiger partial charge in [-0.2, -0.15) is 0 Å². The number of halogens is 2. The lowest BCUT2D eigenvalue weighted by molar-refractivity contribution is 0.0949. The van der Waals surface area contributed by atoms with E-state index in [1.807, 2.05) is 19.9 Å². The van der Waals surface area contributed by atoms with Gasteiger partial charge in [-0.05, 0) is 24.1 Å². The van der Waals surface area contributed by atoms with Gasteiger partial charge < -0.3 is 11.1 Å². The van der Waals surface area contributed by atoms with E-state index in [4.69, 9.17) is 5.73 Å². The first-order chi connectivity index (χ1) is 7.90. The zero-order chi connectivity index (χ0) is 13.0. The molecule has 17 heavy (non-hydrogen) atoms. The number of rotatable bonds is 4. The lowest BCUT2D eigenvalue weighted by Crippen LogP contribution is -2.40. The first kappa shape index (κ1) is 14.7. The highest BCUT2D eigenvalue weighted by atomic mass is 79.9. The van der Waals surface area contributed by atoms with Crippen molar-refractivity contribution in [3.8, 4) is 0 Å². The average Bonchev–Trinajstić information content (AvgIpc) is 2.23. The molecule has 5 heteroatoms. The van der Waals surface area contributed by atoms with Crippen LogP contribution in [-0.4, -0.2) is 18.5 Å². The summed E-state index contributed by atoms with van der Waals surface area (Å²) < 4.78 is 1.73. The lowest BCUT2D eigenvalue weighted by Gasteiger charge is -2.16. The minimum Gasteiger partial charge on any atom is -0.350 e.